The minimum atomic E-state index is -4.51. The second-order valence-electron chi connectivity index (χ2n) is 4.37. The van der Waals surface area contributed by atoms with Crippen LogP contribution in [0.5, 0.6) is 0 Å². The Labute approximate surface area is 112 Å². The van der Waals surface area contributed by atoms with Crippen LogP contribution in [0, 0.1) is 0 Å². The molecule has 1 aliphatic rings. The van der Waals surface area contributed by atoms with Gasteiger partial charge in [-0.1, -0.05) is 0 Å². The Kier molecular flexibility index (Phi) is 4.07. The number of hydrogen-bond acceptors (Lipinski definition) is 5. The number of anilines is 1. The van der Waals surface area contributed by atoms with E-state index in [1.165, 1.54) is 0 Å². The molecule has 2 atom stereocenters. The topological polar surface area (TPSA) is 90.1 Å². The van der Waals surface area contributed by atoms with Crippen molar-refractivity contribution in [3.8, 4) is 0 Å². The molecule has 20 heavy (non-hydrogen) atoms. The Balaban J connectivity index is 1.90. The Hall–Kier alpha value is -1.90. The van der Waals surface area contributed by atoms with Crippen molar-refractivity contribution < 1.29 is 22.7 Å². The van der Waals surface area contributed by atoms with Crippen LogP contribution in [-0.2, 0) is 15.7 Å². The second kappa shape index (κ2) is 5.61. The number of carbonyl (C=O) groups is 1. The van der Waals surface area contributed by atoms with E-state index in [1.54, 1.807) is 0 Å². The minimum absolute atomic E-state index is 0.133. The summed E-state index contributed by atoms with van der Waals surface area (Å²) in [4.78, 5) is 18.0. The molecule has 2 unspecified atom stereocenters. The van der Waals surface area contributed by atoms with E-state index in [-0.39, 0.29) is 18.6 Å². The third kappa shape index (κ3) is 3.56. The number of amides is 1. The van der Waals surface area contributed by atoms with Crippen molar-refractivity contribution in [1.82, 2.24) is 9.97 Å². The summed E-state index contributed by atoms with van der Waals surface area (Å²) < 4.78 is 42.7. The predicted octanol–water partition coefficient (Wildman–Crippen LogP) is 0.940. The van der Waals surface area contributed by atoms with Crippen LogP contribution in [-0.4, -0.2) is 34.6 Å². The average Bonchev–Trinajstić information content (AvgIpc) is 2.85. The normalized spacial score (nSPS) is 22.8. The Morgan fingerprint density at radius 2 is 2.25 bits per heavy atom. The molecule has 0 aliphatic carbocycles. The van der Waals surface area contributed by atoms with E-state index in [0.29, 0.717) is 12.8 Å². The first-order valence-corrected chi connectivity index (χ1v) is 5.95. The fourth-order valence-corrected chi connectivity index (χ4v) is 1.87. The van der Waals surface area contributed by atoms with E-state index < -0.39 is 23.9 Å². The lowest BCUT2D eigenvalue weighted by Gasteiger charge is -2.13. The average molecular weight is 290 g/mol. The first kappa shape index (κ1) is 14.5. The number of rotatable bonds is 4. The van der Waals surface area contributed by atoms with Gasteiger partial charge in [-0.3, -0.25) is 4.79 Å². The molecule has 2 heterocycles. The summed E-state index contributed by atoms with van der Waals surface area (Å²) in [5.74, 6) is -0.672. The van der Waals surface area contributed by atoms with Gasteiger partial charge in [-0.2, -0.15) is 13.2 Å². The molecule has 0 bridgehead atoms. The first-order valence-electron chi connectivity index (χ1n) is 5.95. The van der Waals surface area contributed by atoms with Gasteiger partial charge in [-0.15, -0.1) is 0 Å². The van der Waals surface area contributed by atoms with Crippen LogP contribution < -0.4 is 11.1 Å². The molecule has 0 radical (unpaired) electrons. The van der Waals surface area contributed by atoms with Gasteiger partial charge in [0.15, 0.2) is 0 Å². The number of hydrogen-bond donors (Lipinski definition) is 2. The molecular formula is C11H13F3N4O2. The highest BCUT2D eigenvalue weighted by molar-refractivity contribution is 5.79. The highest BCUT2D eigenvalue weighted by Gasteiger charge is 2.33. The number of ether oxygens (including phenoxy) is 1. The zero-order valence-corrected chi connectivity index (χ0v) is 10.4. The van der Waals surface area contributed by atoms with Gasteiger partial charge in [0.2, 0.25) is 11.9 Å². The molecule has 1 amide bonds. The summed E-state index contributed by atoms with van der Waals surface area (Å²) in [7, 11) is 0. The van der Waals surface area contributed by atoms with Crippen LogP contribution in [0.3, 0.4) is 0 Å². The number of nitrogens with zero attached hydrogens (tertiary/aromatic N) is 2. The van der Waals surface area contributed by atoms with E-state index in [9.17, 15) is 18.0 Å². The highest BCUT2D eigenvalue weighted by atomic mass is 19.4. The van der Waals surface area contributed by atoms with E-state index >= 15 is 0 Å². The first-order chi connectivity index (χ1) is 9.36. The van der Waals surface area contributed by atoms with Gasteiger partial charge < -0.3 is 15.8 Å². The molecule has 6 nitrogen and oxygen atoms in total. The summed E-state index contributed by atoms with van der Waals surface area (Å²) in [6.07, 6.45) is -3.32. The lowest BCUT2D eigenvalue weighted by atomic mass is 10.2. The van der Waals surface area contributed by atoms with Crippen molar-refractivity contribution in [3.63, 3.8) is 0 Å². The van der Waals surface area contributed by atoms with Gasteiger partial charge in [0.1, 0.15) is 11.8 Å². The summed E-state index contributed by atoms with van der Waals surface area (Å²) in [5.41, 5.74) is 4.08. The molecule has 0 aromatic carbocycles. The van der Waals surface area contributed by atoms with E-state index in [0.717, 1.165) is 12.3 Å². The summed E-state index contributed by atoms with van der Waals surface area (Å²) >= 11 is 0. The van der Waals surface area contributed by atoms with Gasteiger partial charge in [0.05, 0.1) is 6.10 Å². The third-order valence-corrected chi connectivity index (χ3v) is 2.86. The molecule has 1 fully saturated rings. The standard InChI is InChI=1S/C11H13F3N4O2/c12-11(13,14)8-3-4-16-10(18-8)17-5-6-1-2-7(20-6)9(15)19/h3-4,6-7H,1-2,5H2,(H2,15,19)(H,16,17,18). The highest BCUT2D eigenvalue weighted by Crippen LogP contribution is 2.27. The molecule has 1 saturated heterocycles. The third-order valence-electron chi connectivity index (χ3n) is 2.86. The van der Waals surface area contributed by atoms with E-state index in [2.05, 4.69) is 15.3 Å². The zero-order chi connectivity index (χ0) is 14.8. The van der Waals surface area contributed by atoms with Gasteiger partial charge in [-0.25, -0.2) is 9.97 Å². The van der Waals surface area contributed by atoms with Crippen LogP contribution in [0.25, 0.3) is 0 Å². The predicted molar refractivity (Wildman–Crippen MR) is 62.6 cm³/mol. The van der Waals surface area contributed by atoms with Gasteiger partial charge in [-0.05, 0) is 18.9 Å². The molecule has 2 rings (SSSR count). The number of carbonyl (C=O) groups excluding carboxylic acids is 1. The van der Waals surface area contributed by atoms with Crippen molar-refractivity contribution in [2.45, 2.75) is 31.2 Å². The number of nitrogens with two attached hydrogens (primary N) is 1. The van der Waals surface area contributed by atoms with Crippen LogP contribution >= 0.6 is 0 Å². The van der Waals surface area contributed by atoms with Crippen molar-refractivity contribution in [2.24, 2.45) is 5.73 Å². The lowest BCUT2D eigenvalue weighted by Crippen LogP contribution is -2.30. The lowest BCUT2D eigenvalue weighted by molar-refractivity contribution is -0.141. The minimum Gasteiger partial charge on any atom is -0.367 e. The van der Waals surface area contributed by atoms with E-state index in [1.807, 2.05) is 0 Å². The summed E-state index contributed by atoms with van der Waals surface area (Å²) in [6.45, 7) is 0.213. The maximum Gasteiger partial charge on any atom is 0.433 e. The van der Waals surface area contributed by atoms with Crippen molar-refractivity contribution in [3.05, 3.63) is 18.0 Å². The molecule has 9 heteroatoms. The zero-order valence-electron chi connectivity index (χ0n) is 10.4. The fourth-order valence-electron chi connectivity index (χ4n) is 1.87. The quantitative estimate of drug-likeness (QED) is 0.861. The van der Waals surface area contributed by atoms with Crippen LogP contribution in [0.1, 0.15) is 18.5 Å². The Bertz CT molecular complexity index is 495. The van der Waals surface area contributed by atoms with Crippen LogP contribution in [0.4, 0.5) is 19.1 Å². The van der Waals surface area contributed by atoms with Crippen molar-refractivity contribution in [1.29, 1.82) is 0 Å². The van der Waals surface area contributed by atoms with Gasteiger partial charge >= 0.3 is 6.18 Å². The molecule has 3 N–H and O–H groups in total. The van der Waals surface area contributed by atoms with E-state index in [4.69, 9.17) is 10.5 Å². The SMILES string of the molecule is NC(=O)C1CCC(CNc2nccc(C(F)(F)F)n2)O1. The molecular weight excluding hydrogens is 277 g/mol. The number of primary amides is 1. The number of nitrogens with one attached hydrogen (secondary N) is 1. The maximum absolute atomic E-state index is 12.5. The molecule has 110 valence electrons. The van der Waals surface area contributed by atoms with Crippen LogP contribution in [0.2, 0.25) is 0 Å². The molecule has 0 saturated carbocycles. The molecule has 1 aromatic rings. The smallest absolute Gasteiger partial charge is 0.367 e. The second-order valence-corrected chi connectivity index (χ2v) is 4.37. The summed E-state index contributed by atoms with van der Waals surface area (Å²) in [6, 6.07) is 0.792. The van der Waals surface area contributed by atoms with Crippen LogP contribution in [0.15, 0.2) is 12.3 Å². The van der Waals surface area contributed by atoms with Gasteiger partial charge in [0.25, 0.3) is 0 Å². The summed E-state index contributed by atoms with van der Waals surface area (Å²) in [5, 5.41) is 2.66. The Morgan fingerprint density at radius 1 is 1.50 bits per heavy atom. The number of alkyl halides is 3. The van der Waals surface area contributed by atoms with Gasteiger partial charge in [0, 0.05) is 12.7 Å². The molecule has 1 aromatic heterocycles. The number of halogens is 3. The van der Waals surface area contributed by atoms with Crippen molar-refractivity contribution in [2.75, 3.05) is 11.9 Å². The van der Waals surface area contributed by atoms with Crippen molar-refractivity contribution >= 4 is 11.9 Å². The monoisotopic (exact) mass is 290 g/mol. The maximum atomic E-state index is 12.5. The number of aromatic nitrogens is 2. The molecule has 0 spiro atoms. The molecule has 1 aliphatic heterocycles. The largest absolute Gasteiger partial charge is 0.433 e. The Morgan fingerprint density at radius 3 is 2.85 bits per heavy atom. The fraction of sp³-hybridized carbons (Fsp3) is 0.545.